The number of β-amino-alcohol motifs (C(OH)–C–C–N with tert-alkyl or cyclic N) is 1. The van der Waals surface area contributed by atoms with Gasteiger partial charge in [-0.05, 0) is 17.7 Å². The first kappa shape index (κ1) is 12.4. The lowest BCUT2D eigenvalue weighted by Crippen LogP contribution is -2.41. The molecule has 1 fully saturated rings. The van der Waals surface area contributed by atoms with E-state index in [1.807, 2.05) is 12.1 Å². The van der Waals surface area contributed by atoms with Gasteiger partial charge in [-0.2, -0.15) is 0 Å². The van der Waals surface area contributed by atoms with Crippen LogP contribution in [0.15, 0.2) is 24.5 Å². The van der Waals surface area contributed by atoms with Crippen molar-refractivity contribution in [3.05, 3.63) is 30.1 Å². The summed E-state index contributed by atoms with van der Waals surface area (Å²) in [5.74, 6) is 0. The lowest BCUT2D eigenvalue weighted by atomic mass is 10.3. The van der Waals surface area contributed by atoms with E-state index >= 15 is 0 Å². The van der Waals surface area contributed by atoms with Crippen LogP contribution in [0.5, 0.6) is 0 Å². The number of hydrogen-bond acceptors (Lipinski definition) is 5. The maximum Gasteiger partial charge on any atom is 0.167 e. The second kappa shape index (κ2) is 6.66. The number of ether oxygens (including phenoxy) is 2. The molecule has 0 spiro atoms. The summed E-state index contributed by atoms with van der Waals surface area (Å²) in [5, 5.41) is 9.74. The highest BCUT2D eigenvalue weighted by molar-refractivity contribution is 5.07. The van der Waals surface area contributed by atoms with Gasteiger partial charge in [-0.1, -0.05) is 0 Å². The molecule has 1 aliphatic heterocycles. The SMILES string of the molecule is OC(CN1CCOCC1)OCc1ccncc1. The van der Waals surface area contributed by atoms with E-state index in [1.54, 1.807) is 12.4 Å². The average molecular weight is 238 g/mol. The quantitative estimate of drug-likeness (QED) is 0.745. The molecule has 5 heteroatoms. The van der Waals surface area contributed by atoms with Crippen molar-refractivity contribution < 1.29 is 14.6 Å². The molecule has 94 valence electrons. The molecule has 1 N–H and O–H groups in total. The fourth-order valence-electron chi connectivity index (χ4n) is 1.73. The van der Waals surface area contributed by atoms with Crippen LogP contribution in [0.4, 0.5) is 0 Å². The first-order valence-electron chi connectivity index (χ1n) is 5.83. The van der Waals surface area contributed by atoms with E-state index in [0.717, 1.165) is 31.9 Å². The molecule has 2 heterocycles. The molecule has 5 nitrogen and oxygen atoms in total. The number of aliphatic hydroxyl groups excluding tert-OH is 1. The van der Waals surface area contributed by atoms with E-state index < -0.39 is 6.29 Å². The third-order valence-corrected chi connectivity index (χ3v) is 2.71. The third-order valence-electron chi connectivity index (χ3n) is 2.71. The maximum absolute atomic E-state index is 9.74. The molecule has 1 saturated heterocycles. The van der Waals surface area contributed by atoms with Crippen molar-refractivity contribution in [2.45, 2.75) is 12.9 Å². The number of rotatable bonds is 5. The van der Waals surface area contributed by atoms with Gasteiger partial charge in [0.2, 0.25) is 0 Å². The molecular weight excluding hydrogens is 220 g/mol. The molecule has 0 saturated carbocycles. The smallest absolute Gasteiger partial charge is 0.167 e. The Hall–Kier alpha value is -1.01. The topological polar surface area (TPSA) is 54.8 Å². The second-order valence-electron chi connectivity index (χ2n) is 4.03. The van der Waals surface area contributed by atoms with Crippen LogP contribution < -0.4 is 0 Å². The van der Waals surface area contributed by atoms with Crippen molar-refractivity contribution in [2.75, 3.05) is 32.8 Å². The zero-order chi connectivity index (χ0) is 11.9. The number of aromatic nitrogens is 1. The van der Waals surface area contributed by atoms with Gasteiger partial charge >= 0.3 is 0 Å². The predicted molar refractivity (Wildman–Crippen MR) is 62.3 cm³/mol. The van der Waals surface area contributed by atoms with Crippen molar-refractivity contribution in [1.29, 1.82) is 0 Å². The molecule has 0 aliphatic carbocycles. The van der Waals surface area contributed by atoms with E-state index in [1.165, 1.54) is 0 Å². The standard InChI is InChI=1S/C12H18N2O3/c15-12(9-14-5-7-16-8-6-14)17-10-11-1-3-13-4-2-11/h1-4,12,15H,5-10H2. The normalized spacial score (nSPS) is 19.1. The second-order valence-corrected chi connectivity index (χ2v) is 4.03. The Morgan fingerprint density at radius 1 is 1.35 bits per heavy atom. The number of morpholine rings is 1. The Morgan fingerprint density at radius 2 is 2.06 bits per heavy atom. The van der Waals surface area contributed by atoms with Gasteiger partial charge in [0.05, 0.1) is 19.8 Å². The molecule has 0 radical (unpaired) electrons. The molecule has 1 aliphatic rings. The minimum atomic E-state index is -0.749. The zero-order valence-corrected chi connectivity index (χ0v) is 9.79. The number of hydrogen-bond donors (Lipinski definition) is 1. The molecule has 17 heavy (non-hydrogen) atoms. The summed E-state index contributed by atoms with van der Waals surface area (Å²) in [6, 6.07) is 3.75. The Balaban J connectivity index is 1.68. The summed E-state index contributed by atoms with van der Waals surface area (Å²) < 4.78 is 10.6. The lowest BCUT2D eigenvalue weighted by molar-refractivity contribution is -0.128. The van der Waals surface area contributed by atoms with E-state index in [0.29, 0.717) is 13.2 Å². The minimum absolute atomic E-state index is 0.411. The minimum Gasteiger partial charge on any atom is -0.379 e. The van der Waals surface area contributed by atoms with Crippen LogP contribution in [-0.2, 0) is 16.1 Å². The highest BCUT2D eigenvalue weighted by Gasteiger charge is 2.14. The van der Waals surface area contributed by atoms with Crippen LogP contribution in [-0.4, -0.2) is 54.1 Å². The summed E-state index contributed by atoms with van der Waals surface area (Å²) in [4.78, 5) is 6.07. The molecule has 0 amide bonds. The number of nitrogens with zero attached hydrogens (tertiary/aromatic N) is 2. The maximum atomic E-state index is 9.74. The van der Waals surface area contributed by atoms with Crippen LogP contribution in [0.3, 0.4) is 0 Å². The summed E-state index contributed by atoms with van der Waals surface area (Å²) in [5.41, 5.74) is 1.01. The van der Waals surface area contributed by atoms with Gasteiger partial charge in [0.25, 0.3) is 0 Å². The molecule has 0 aromatic carbocycles. The van der Waals surface area contributed by atoms with Crippen molar-refractivity contribution >= 4 is 0 Å². The van der Waals surface area contributed by atoms with Crippen molar-refractivity contribution in [1.82, 2.24) is 9.88 Å². The van der Waals surface area contributed by atoms with Gasteiger partial charge in [0, 0.05) is 32.0 Å². The fourth-order valence-corrected chi connectivity index (χ4v) is 1.73. The van der Waals surface area contributed by atoms with E-state index in [9.17, 15) is 5.11 Å². The Labute approximate surface area is 101 Å². The fraction of sp³-hybridized carbons (Fsp3) is 0.583. The highest BCUT2D eigenvalue weighted by Crippen LogP contribution is 2.04. The lowest BCUT2D eigenvalue weighted by Gasteiger charge is -2.28. The predicted octanol–water partition coefficient (Wildman–Crippen LogP) is 0.249. The van der Waals surface area contributed by atoms with Gasteiger partial charge in [-0.3, -0.25) is 9.88 Å². The molecule has 1 aromatic rings. The van der Waals surface area contributed by atoms with Crippen LogP contribution in [0.2, 0.25) is 0 Å². The Kier molecular flexibility index (Phi) is 4.88. The first-order valence-corrected chi connectivity index (χ1v) is 5.83. The molecule has 0 bridgehead atoms. The molecule has 1 atom stereocenters. The third kappa shape index (κ3) is 4.40. The van der Waals surface area contributed by atoms with E-state index in [4.69, 9.17) is 9.47 Å². The molecule has 1 aromatic heterocycles. The van der Waals surface area contributed by atoms with Crippen molar-refractivity contribution in [3.63, 3.8) is 0 Å². The number of pyridine rings is 1. The van der Waals surface area contributed by atoms with Gasteiger partial charge in [-0.25, -0.2) is 0 Å². The monoisotopic (exact) mass is 238 g/mol. The van der Waals surface area contributed by atoms with E-state index in [-0.39, 0.29) is 0 Å². The van der Waals surface area contributed by atoms with Crippen molar-refractivity contribution in [2.24, 2.45) is 0 Å². The van der Waals surface area contributed by atoms with Crippen LogP contribution in [0.1, 0.15) is 5.56 Å². The molecule has 1 unspecified atom stereocenters. The largest absolute Gasteiger partial charge is 0.379 e. The van der Waals surface area contributed by atoms with Gasteiger partial charge in [0.15, 0.2) is 6.29 Å². The van der Waals surface area contributed by atoms with Crippen LogP contribution in [0, 0.1) is 0 Å². The summed E-state index contributed by atoms with van der Waals surface area (Å²) in [6.45, 7) is 4.13. The summed E-state index contributed by atoms with van der Waals surface area (Å²) in [6.07, 6.45) is 2.68. The average Bonchev–Trinajstić information content (AvgIpc) is 2.39. The molecule has 2 rings (SSSR count). The van der Waals surface area contributed by atoms with Crippen LogP contribution in [0.25, 0.3) is 0 Å². The Bertz CT molecular complexity index is 315. The summed E-state index contributed by atoms with van der Waals surface area (Å²) >= 11 is 0. The van der Waals surface area contributed by atoms with Gasteiger partial charge < -0.3 is 14.6 Å². The van der Waals surface area contributed by atoms with Crippen molar-refractivity contribution in [3.8, 4) is 0 Å². The van der Waals surface area contributed by atoms with Gasteiger partial charge in [0.1, 0.15) is 0 Å². The molecular formula is C12H18N2O3. The number of aliphatic hydroxyl groups is 1. The zero-order valence-electron chi connectivity index (χ0n) is 9.79. The summed E-state index contributed by atoms with van der Waals surface area (Å²) in [7, 11) is 0. The first-order chi connectivity index (χ1) is 8.34. The van der Waals surface area contributed by atoms with E-state index in [2.05, 4.69) is 9.88 Å². The highest BCUT2D eigenvalue weighted by atomic mass is 16.6. The Morgan fingerprint density at radius 3 is 2.76 bits per heavy atom. The van der Waals surface area contributed by atoms with Crippen LogP contribution >= 0.6 is 0 Å². The van der Waals surface area contributed by atoms with Gasteiger partial charge in [-0.15, -0.1) is 0 Å².